The van der Waals surface area contributed by atoms with Gasteiger partial charge in [-0.2, -0.15) is 0 Å². The highest BCUT2D eigenvalue weighted by atomic mass is 16.5. The molecule has 0 saturated carbocycles. The molecule has 0 aromatic heterocycles. The molecule has 29 heavy (non-hydrogen) atoms. The molecule has 0 radical (unpaired) electrons. The van der Waals surface area contributed by atoms with Gasteiger partial charge in [-0.15, -0.1) is 0 Å². The average molecular weight is 404 g/mol. The van der Waals surface area contributed by atoms with Crippen LogP contribution in [-0.2, 0) is 14.3 Å². The largest absolute Gasteiger partial charge is 0.368 e. The molecule has 160 valence electrons. The summed E-state index contributed by atoms with van der Waals surface area (Å²) in [5.74, 6) is -0.804. The second kappa shape index (κ2) is 9.98. The number of nitrogens with one attached hydrogen (secondary N) is 2. The van der Waals surface area contributed by atoms with E-state index in [4.69, 9.17) is 4.74 Å². The van der Waals surface area contributed by atoms with Crippen molar-refractivity contribution in [1.82, 2.24) is 15.5 Å². The summed E-state index contributed by atoms with van der Waals surface area (Å²) in [6.45, 7) is 6.77. The van der Waals surface area contributed by atoms with E-state index in [0.717, 1.165) is 6.54 Å². The molecular formula is C22H33N3O4. The van der Waals surface area contributed by atoms with Crippen molar-refractivity contribution in [3.8, 4) is 0 Å². The van der Waals surface area contributed by atoms with Gasteiger partial charge in [0.2, 0.25) is 5.91 Å². The number of amides is 2. The van der Waals surface area contributed by atoms with E-state index >= 15 is 0 Å². The van der Waals surface area contributed by atoms with Crippen LogP contribution in [0.1, 0.15) is 44.0 Å². The summed E-state index contributed by atoms with van der Waals surface area (Å²) in [7, 11) is 3.89. The summed E-state index contributed by atoms with van der Waals surface area (Å²) in [6, 6.07) is 7.36. The Morgan fingerprint density at radius 2 is 1.86 bits per heavy atom. The number of rotatable bonds is 8. The molecule has 2 N–H and O–H groups in total. The molecule has 1 aliphatic rings. The molecule has 2 rings (SSSR count). The number of carbonyl (C=O) groups excluding carboxylic acids is 3. The SMILES string of the molecule is CN(C)CCC1OCC(=O)C1NC(=O)[C@H](CC(C)(C)C)NC(=O)c1ccccc1. The zero-order valence-corrected chi connectivity index (χ0v) is 18.0. The van der Waals surface area contributed by atoms with Crippen LogP contribution in [0.2, 0.25) is 0 Å². The fourth-order valence-corrected chi connectivity index (χ4v) is 3.30. The van der Waals surface area contributed by atoms with Crippen molar-refractivity contribution in [2.45, 2.75) is 51.8 Å². The van der Waals surface area contributed by atoms with Crippen molar-refractivity contribution in [3.63, 3.8) is 0 Å². The van der Waals surface area contributed by atoms with E-state index in [1.165, 1.54) is 0 Å². The van der Waals surface area contributed by atoms with E-state index in [-0.39, 0.29) is 35.7 Å². The predicted octanol–water partition coefficient (Wildman–Crippen LogP) is 1.63. The maximum atomic E-state index is 13.0. The lowest BCUT2D eigenvalue weighted by Gasteiger charge is -2.28. The third kappa shape index (κ3) is 7.25. The molecule has 1 aromatic rings. The molecular weight excluding hydrogens is 370 g/mol. The van der Waals surface area contributed by atoms with Crippen LogP contribution in [0.5, 0.6) is 0 Å². The molecule has 1 saturated heterocycles. The first-order valence-electron chi connectivity index (χ1n) is 10.0. The van der Waals surface area contributed by atoms with Gasteiger partial charge < -0.3 is 20.3 Å². The van der Waals surface area contributed by atoms with Crippen molar-refractivity contribution in [2.24, 2.45) is 5.41 Å². The molecule has 1 fully saturated rings. The van der Waals surface area contributed by atoms with Crippen LogP contribution in [-0.4, -0.2) is 67.9 Å². The Morgan fingerprint density at radius 1 is 1.21 bits per heavy atom. The second-order valence-corrected chi connectivity index (χ2v) is 9.05. The van der Waals surface area contributed by atoms with E-state index in [1.54, 1.807) is 24.3 Å². The maximum Gasteiger partial charge on any atom is 0.251 e. The first kappa shape index (κ1) is 23.0. The van der Waals surface area contributed by atoms with Gasteiger partial charge in [-0.1, -0.05) is 39.0 Å². The lowest BCUT2D eigenvalue weighted by Crippen LogP contribution is -2.54. The van der Waals surface area contributed by atoms with Crippen LogP contribution in [0, 0.1) is 5.41 Å². The Hall–Kier alpha value is -2.25. The predicted molar refractivity (Wildman–Crippen MR) is 112 cm³/mol. The Balaban J connectivity index is 2.09. The van der Waals surface area contributed by atoms with E-state index < -0.39 is 12.1 Å². The summed E-state index contributed by atoms with van der Waals surface area (Å²) in [4.78, 5) is 39.9. The van der Waals surface area contributed by atoms with Gasteiger partial charge in [-0.05, 0) is 44.5 Å². The summed E-state index contributed by atoms with van der Waals surface area (Å²) < 4.78 is 5.58. The smallest absolute Gasteiger partial charge is 0.251 e. The number of Topliss-reactive ketones (excluding diaryl/α,β-unsaturated/α-hetero) is 1. The zero-order chi connectivity index (χ0) is 21.6. The van der Waals surface area contributed by atoms with Crippen LogP contribution in [0.3, 0.4) is 0 Å². The van der Waals surface area contributed by atoms with Gasteiger partial charge in [0.05, 0.1) is 6.10 Å². The summed E-state index contributed by atoms with van der Waals surface area (Å²) in [5, 5.41) is 5.67. The Bertz CT molecular complexity index is 713. The highest BCUT2D eigenvalue weighted by molar-refractivity contribution is 5.99. The number of benzene rings is 1. The Labute approximate surface area is 173 Å². The Kier molecular flexibility index (Phi) is 7.93. The molecule has 0 aliphatic carbocycles. The van der Waals surface area contributed by atoms with Gasteiger partial charge in [-0.25, -0.2) is 0 Å². The zero-order valence-electron chi connectivity index (χ0n) is 18.0. The van der Waals surface area contributed by atoms with Crippen LogP contribution in [0.15, 0.2) is 30.3 Å². The third-order valence-electron chi connectivity index (χ3n) is 4.79. The fraction of sp³-hybridized carbons (Fsp3) is 0.591. The van der Waals surface area contributed by atoms with Crippen LogP contribution >= 0.6 is 0 Å². The minimum Gasteiger partial charge on any atom is -0.368 e. The average Bonchev–Trinajstić information content (AvgIpc) is 2.98. The monoisotopic (exact) mass is 403 g/mol. The van der Waals surface area contributed by atoms with Crippen molar-refractivity contribution < 1.29 is 19.1 Å². The lowest BCUT2D eigenvalue weighted by molar-refractivity contribution is -0.128. The summed E-state index contributed by atoms with van der Waals surface area (Å²) >= 11 is 0. The van der Waals surface area contributed by atoms with Crippen LogP contribution in [0.4, 0.5) is 0 Å². The standard InChI is InChI=1S/C22H33N3O4/c1-22(2,3)13-16(23-20(27)15-9-7-6-8-10-15)21(28)24-19-17(26)14-29-18(19)11-12-25(4)5/h6-10,16,18-19H,11-14H2,1-5H3,(H,23,27)(H,24,28)/t16-,18?,19?/m0/s1. The Morgan fingerprint density at radius 3 is 2.45 bits per heavy atom. The van der Waals surface area contributed by atoms with E-state index in [2.05, 4.69) is 10.6 Å². The number of nitrogens with zero attached hydrogens (tertiary/aromatic N) is 1. The molecule has 7 nitrogen and oxygen atoms in total. The van der Waals surface area contributed by atoms with Crippen molar-refractivity contribution in [1.29, 1.82) is 0 Å². The van der Waals surface area contributed by atoms with Crippen molar-refractivity contribution in [2.75, 3.05) is 27.2 Å². The minimum atomic E-state index is -0.745. The molecule has 1 aliphatic heterocycles. The van der Waals surface area contributed by atoms with Crippen molar-refractivity contribution >= 4 is 17.6 Å². The van der Waals surface area contributed by atoms with Crippen LogP contribution in [0.25, 0.3) is 0 Å². The first-order chi connectivity index (χ1) is 13.6. The lowest BCUT2D eigenvalue weighted by atomic mass is 9.87. The highest BCUT2D eigenvalue weighted by Gasteiger charge is 2.38. The van der Waals surface area contributed by atoms with E-state index in [9.17, 15) is 14.4 Å². The second-order valence-electron chi connectivity index (χ2n) is 9.05. The van der Waals surface area contributed by atoms with E-state index in [1.807, 2.05) is 45.8 Å². The minimum absolute atomic E-state index is 0.00333. The molecule has 2 unspecified atom stereocenters. The van der Waals surface area contributed by atoms with Gasteiger partial charge in [0.1, 0.15) is 18.7 Å². The summed E-state index contributed by atoms with van der Waals surface area (Å²) in [5.41, 5.74) is 0.301. The number of ether oxygens (including phenoxy) is 1. The highest BCUT2D eigenvalue weighted by Crippen LogP contribution is 2.22. The molecule has 3 atom stereocenters. The quantitative estimate of drug-likeness (QED) is 0.689. The van der Waals surface area contributed by atoms with E-state index in [0.29, 0.717) is 18.4 Å². The van der Waals surface area contributed by atoms with Gasteiger partial charge in [-0.3, -0.25) is 14.4 Å². The van der Waals surface area contributed by atoms with Crippen molar-refractivity contribution in [3.05, 3.63) is 35.9 Å². The molecule has 7 heteroatoms. The number of hydrogen-bond donors (Lipinski definition) is 2. The van der Waals surface area contributed by atoms with Gasteiger partial charge in [0.15, 0.2) is 5.78 Å². The normalized spacial score (nSPS) is 20.6. The number of carbonyl (C=O) groups is 3. The fourth-order valence-electron chi connectivity index (χ4n) is 3.30. The van der Waals surface area contributed by atoms with Gasteiger partial charge in [0.25, 0.3) is 5.91 Å². The first-order valence-corrected chi connectivity index (χ1v) is 10.0. The topological polar surface area (TPSA) is 87.7 Å². The van der Waals surface area contributed by atoms with Crippen LogP contribution < -0.4 is 10.6 Å². The third-order valence-corrected chi connectivity index (χ3v) is 4.79. The molecule has 1 aromatic carbocycles. The molecule has 1 heterocycles. The summed E-state index contributed by atoms with van der Waals surface area (Å²) in [6.07, 6.45) is 0.736. The van der Waals surface area contributed by atoms with Gasteiger partial charge >= 0.3 is 0 Å². The number of ketones is 1. The molecule has 0 bridgehead atoms. The van der Waals surface area contributed by atoms with Gasteiger partial charge in [0, 0.05) is 12.1 Å². The number of hydrogen-bond acceptors (Lipinski definition) is 5. The molecule has 0 spiro atoms. The molecule has 2 amide bonds. The maximum absolute atomic E-state index is 13.0.